The first-order valence-electron chi connectivity index (χ1n) is 8.12. The van der Waals surface area contributed by atoms with Crippen molar-refractivity contribution in [1.29, 1.82) is 5.26 Å². The second-order valence-electron chi connectivity index (χ2n) is 6.87. The highest BCUT2D eigenvalue weighted by atomic mass is 14.9. The summed E-state index contributed by atoms with van der Waals surface area (Å²) < 4.78 is 2.33. The van der Waals surface area contributed by atoms with Gasteiger partial charge >= 0.3 is 0 Å². The van der Waals surface area contributed by atoms with Gasteiger partial charge in [-0.15, -0.1) is 0 Å². The number of nitriles is 1. The third kappa shape index (κ3) is 1.74. The van der Waals surface area contributed by atoms with E-state index in [0.29, 0.717) is 0 Å². The van der Waals surface area contributed by atoms with Gasteiger partial charge in [0, 0.05) is 17.8 Å². The molecule has 2 aromatic carbocycles. The van der Waals surface area contributed by atoms with Crippen LogP contribution in [0.1, 0.15) is 44.5 Å². The molecule has 0 aliphatic rings. The van der Waals surface area contributed by atoms with E-state index in [1.165, 1.54) is 49.6 Å². The molecule has 0 radical (unpaired) electrons. The summed E-state index contributed by atoms with van der Waals surface area (Å²) in [5.41, 5.74) is 12.3. The first-order valence-corrected chi connectivity index (χ1v) is 8.12. The Morgan fingerprint density at radius 3 is 1.57 bits per heavy atom. The van der Waals surface area contributed by atoms with Crippen molar-refractivity contribution in [3.8, 4) is 6.07 Å². The highest BCUT2D eigenvalue weighted by Crippen LogP contribution is 2.41. The highest BCUT2D eigenvalue weighted by Gasteiger charge is 2.22. The number of aromatic nitrogens is 1. The first-order chi connectivity index (χ1) is 10.7. The summed E-state index contributed by atoms with van der Waals surface area (Å²) in [6.07, 6.45) is 0. The van der Waals surface area contributed by atoms with Crippen LogP contribution in [-0.4, -0.2) is 4.57 Å². The van der Waals surface area contributed by atoms with Gasteiger partial charge in [-0.25, -0.2) is 0 Å². The predicted molar refractivity (Wildman–Crippen MR) is 98.3 cm³/mol. The first kappa shape index (κ1) is 15.6. The fourth-order valence-electron chi connectivity index (χ4n) is 4.16. The monoisotopic (exact) mass is 304 g/mol. The van der Waals surface area contributed by atoms with E-state index >= 15 is 0 Å². The van der Waals surface area contributed by atoms with E-state index in [1.807, 2.05) is 0 Å². The molecule has 2 nitrogen and oxygen atoms in total. The number of fused-ring (bicyclic) bond motifs is 3. The van der Waals surface area contributed by atoms with Crippen molar-refractivity contribution in [3.63, 3.8) is 0 Å². The van der Waals surface area contributed by atoms with Crippen molar-refractivity contribution in [2.75, 3.05) is 0 Å². The molecule has 0 saturated carbocycles. The average molecular weight is 304 g/mol. The van der Waals surface area contributed by atoms with Crippen molar-refractivity contribution in [2.24, 2.45) is 7.05 Å². The number of nitrogens with zero attached hydrogens (tertiary/aromatic N) is 2. The molecule has 118 valence electrons. The summed E-state index contributed by atoms with van der Waals surface area (Å²) in [4.78, 5) is 0. The molecule has 3 rings (SSSR count). The molecule has 3 aromatic rings. The van der Waals surface area contributed by atoms with E-state index in [9.17, 15) is 5.26 Å². The maximum absolute atomic E-state index is 9.63. The van der Waals surface area contributed by atoms with Gasteiger partial charge in [0.15, 0.2) is 0 Å². The molecule has 23 heavy (non-hydrogen) atoms. The van der Waals surface area contributed by atoms with Crippen LogP contribution in [0.25, 0.3) is 21.8 Å². The molecule has 0 fully saturated rings. The molecule has 1 aromatic heterocycles. The van der Waals surface area contributed by atoms with E-state index in [0.717, 1.165) is 16.7 Å². The second kappa shape index (κ2) is 4.86. The lowest BCUT2D eigenvalue weighted by Gasteiger charge is -2.13. The van der Waals surface area contributed by atoms with E-state index in [1.54, 1.807) is 0 Å². The van der Waals surface area contributed by atoms with Crippen molar-refractivity contribution in [1.82, 2.24) is 4.57 Å². The minimum Gasteiger partial charge on any atom is -0.343 e. The molecule has 2 heteroatoms. The molecule has 1 heterocycles. The third-order valence-electron chi connectivity index (χ3n) is 5.97. The van der Waals surface area contributed by atoms with Gasteiger partial charge in [0.1, 0.15) is 0 Å². The van der Waals surface area contributed by atoms with Crippen LogP contribution in [0.15, 0.2) is 0 Å². The Kier molecular flexibility index (Phi) is 3.30. The quantitative estimate of drug-likeness (QED) is 0.549. The normalized spacial score (nSPS) is 11.4. The molecule has 0 aliphatic carbocycles. The molecule has 0 N–H and O–H groups in total. The average Bonchev–Trinajstić information content (AvgIpc) is 2.83. The SMILES string of the molecule is Cc1c(C)c(C)c2c(c1C)c1c(C)c(C#N)c(C)c(C)c1n2C. The Hall–Kier alpha value is -2.27. The van der Waals surface area contributed by atoms with Gasteiger partial charge in [-0.05, 0) is 87.4 Å². The summed E-state index contributed by atoms with van der Waals surface area (Å²) in [5.74, 6) is 0. The van der Waals surface area contributed by atoms with Crippen molar-refractivity contribution >= 4 is 21.8 Å². The molecule has 0 aliphatic heterocycles. The topological polar surface area (TPSA) is 28.7 Å². The Morgan fingerprint density at radius 1 is 0.609 bits per heavy atom. The van der Waals surface area contributed by atoms with Crippen molar-refractivity contribution in [2.45, 2.75) is 48.5 Å². The van der Waals surface area contributed by atoms with Crippen molar-refractivity contribution in [3.05, 3.63) is 44.5 Å². The van der Waals surface area contributed by atoms with Crippen LogP contribution in [0.4, 0.5) is 0 Å². The molecule has 0 saturated heterocycles. The number of rotatable bonds is 0. The maximum atomic E-state index is 9.63. The summed E-state index contributed by atoms with van der Waals surface area (Å²) in [6.45, 7) is 15.1. The summed E-state index contributed by atoms with van der Waals surface area (Å²) in [5, 5.41) is 12.2. The van der Waals surface area contributed by atoms with E-state index < -0.39 is 0 Å². The number of benzene rings is 2. The molecule has 0 amide bonds. The van der Waals surface area contributed by atoms with Gasteiger partial charge in [-0.1, -0.05) is 0 Å². The zero-order chi connectivity index (χ0) is 17.2. The molecule has 0 bridgehead atoms. The van der Waals surface area contributed by atoms with Crippen LogP contribution in [0, 0.1) is 59.8 Å². The number of aryl methyl sites for hydroxylation is 5. The van der Waals surface area contributed by atoms with Crippen LogP contribution in [0.2, 0.25) is 0 Å². The molecular formula is C21H24N2. The zero-order valence-electron chi connectivity index (χ0n) is 15.4. The Morgan fingerprint density at radius 2 is 1.04 bits per heavy atom. The maximum Gasteiger partial charge on any atom is 0.0997 e. The molecule has 0 spiro atoms. The van der Waals surface area contributed by atoms with Crippen LogP contribution in [0.3, 0.4) is 0 Å². The van der Waals surface area contributed by atoms with Gasteiger partial charge < -0.3 is 4.57 Å². The van der Waals surface area contributed by atoms with E-state index in [-0.39, 0.29) is 0 Å². The lowest BCUT2D eigenvalue weighted by Crippen LogP contribution is -1.98. The van der Waals surface area contributed by atoms with E-state index in [4.69, 9.17) is 0 Å². The lowest BCUT2D eigenvalue weighted by molar-refractivity contribution is 0.995. The Balaban J connectivity index is 2.82. The van der Waals surface area contributed by atoms with Gasteiger partial charge in [-0.3, -0.25) is 0 Å². The van der Waals surface area contributed by atoms with Gasteiger partial charge in [0.25, 0.3) is 0 Å². The molecular weight excluding hydrogens is 280 g/mol. The Bertz CT molecular complexity index is 1040. The third-order valence-corrected chi connectivity index (χ3v) is 5.97. The standard InChI is InChI=1S/C21H24N2/c1-10-11(2)14(5)20-18(13(10)4)19-16(7)17(9-22)12(3)15(6)21(19)23(20)8/h1-8H3. The summed E-state index contributed by atoms with van der Waals surface area (Å²) >= 11 is 0. The van der Waals surface area contributed by atoms with Crippen LogP contribution < -0.4 is 0 Å². The van der Waals surface area contributed by atoms with Gasteiger partial charge in [0.05, 0.1) is 22.7 Å². The number of hydrogen-bond acceptors (Lipinski definition) is 1. The van der Waals surface area contributed by atoms with Crippen LogP contribution in [-0.2, 0) is 7.05 Å². The minimum absolute atomic E-state index is 0.831. The van der Waals surface area contributed by atoms with Gasteiger partial charge in [0.2, 0.25) is 0 Å². The zero-order valence-corrected chi connectivity index (χ0v) is 15.4. The molecule has 0 unspecified atom stereocenters. The number of hydrogen-bond donors (Lipinski definition) is 0. The fraction of sp³-hybridized carbons (Fsp3) is 0.381. The predicted octanol–water partition coefficient (Wildman–Crippen LogP) is 5.36. The van der Waals surface area contributed by atoms with Crippen LogP contribution >= 0.6 is 0 Å². The fourth-order valence-corrected chi connectivity index (χ4v) is 4.16. The summed E-state index contributed by atoms with van der Waals surface area (Å²) in [6, 6.07) is 2.42. The van der Waals surface area contributed by atoms with Gasteiger partial charge in [-0.2, -0.15) is 5.26 Å². The highest BCUT2D eigenvalue weighted by molar-refractivity contribution is 6.14. The summed E-state index contributed by atoms with van der Waals surface area (Å²) in [7, 11) is 2.16. The second-order valence-corrected chi connectivity index (χ2v) is 6.87. The minimum atomic E-state index is 0.831. The van der Waals surface area contributed by atoms with Crippen LogP contribution in [0.5, 0.6) is 0 Å². The Labute approximate surface area is 138 Å². The largest absolute Gasteiger partial charge is 0.343 e. The molecule has 0 atom stereocenters. The van der Waals surface area contributed by atoms with E-state index in [2.05, 4.69) is 66.2 Å². The lowest BCUT2D eigenvalue weighted by atomic mass is 9.90. The smallest absolute Gasteiger partial charge is 0.0997 e. The van der Waals surface area contributed by atoms with Crippen molar-refractivity contribution < 1.29 is 0 Å².